The van der Waals surface area contributed by atoms with Crippen LogP contribution in [-0.2, 0) is 9.53 Å². The fourth-order valence-electron chi connectivity index (χ4n) is 2.26. The number of hydrogen-bond acceptors (Lipinski definition) is 3. The lowest BCUT2D eigenvalue weighted by molar-refractivity contribution is -0.159. The minimum absolute atomic E-state index is 0.0830. The summed E-state index contributed by atoms with van der Waals surface area (Å²) >= 11 is 0. The first-order valence-corrected chi connectivity index (χ1v) is 6.03. The van der Waals surface area contributed by atoms with Gasteiger partial charge in [-0.25, -0.2) is 0 Å². The second-order valence-electron chi connectivity index (χ2n) is 4.54. The molecule has 0 saturated heterocycles. The molecule has 3 heteroatoms. The fourth-order valence-corrected chi connectivity index (χ4v) is 2.26. The maximum absolute atomic E-state index is 11.7. The lowest BCUT2D eigenvalue weighted by Crippen LogP contribution is -2.40. The molecule has 1 aromatic rings. The molecule has 0 spiro atoms. The van der Waals surface area contributed by atoms with Gasteiger partial charge in [-0.15, -0.1) is 0 Å². The predicted molar refractivity (Wildman–Crippen MR) is 64.9 cm³/mol. The van der Waals surface area contributed by atoms with Gasteiger partial charge in [-0.1, -0.05) is 24.6 Å². The van der Waals surface area contributed by atoms with E-state index in [1.54, 1.807) is 0 Å². The Bertz CT molecular complexity index is 368. The molecule has 2 rings (SSSR count). The zero-order valence-electron chi connectivity index (χ0n) is 10.1. The average Bonchev–Trinajstić information content (AvgIpc) is 2.33. The Hall–Kier alpha value is -1.51. The van der Waals surface area contributed by atoms with Crippen LogP contribution in [0.2, 0.25) is 0 Å². The second-order valence-corrected chi connectivity index (χ2v) is 4.54. The van der Waals surface area contributed by atoms with Crippen LogP contribution in [0, 0.1) is 5.41 Å². The second kappa shape index (κ2) is 5.21. The zero-order chi connectivity index (χ0) is 12.1. The van der Waals surface area contributed by atoms with Gasteiger partial charge in [0.25, 0.3) is 0 Å². The minimum Gasteiger partial charge on any atom is -0.494 e. The number of para-hydroxylation sites is 1. The molecule has 0 heterocycles. The van der Waals surface area contributed by atoms with Crippen molar-refractivity contribution in [3.05, 3.63) is 30.3 Å². The third-order valence-electron chi connectivity index (χ3n) is 3.52. The van der Waals surface area contributed by atoms with Crippen LogP contribution in [0.15, 0.2) is 30.3 Å². The van der Waals surface area contributed by atoms with Crippen molar-refractivity contribution in [1.82, 2.24) is 0 Å². The Morgan fingerprint density at radius 1 is 1.29 bits per heavy atom. The number of benzene rings is 1. The van der Waals surface area contributed by atoms with Crippen LogP contribution in [0.1, 0.15) is 25.7 Å². The fraction of sp³-hybridized carbons (Fsp3) is 0.500. The van der Waals surface area contributed by atoms with Crippen LogP contribution in [0.25, 0.3) is 0 Å². The van der Waals surface area contributed by atoms with Gasteiger partial charge >= 0.3 is 5.97 Å². The Kier molecular flexibility index (Phi) is 3.67. The molecular weight excluding hydrogens is 216 g/mol. The van der Waals surface area contributed by atoms with Gasteiger partial charge in [0.1, 0.15) is 5.75 Å². The van der Waals surface area contributed by atoms with Crippen LogP contribution in [0.3, 0.4) is 0 Å². The van der Waals surface area contributed by atoms with Crippen molar-refractivity contribution < 1.29 is 14.3 Å². The average molecular weight is 234 g/mol. The van der Waals surface area contributed by atoms with Crippen molar-refractivity contribution in [3.8, 4) is 5.75 Å². The maximum atomic E-state index is 11.7. The molecule has 0 amide bonds. The summed E-state index contributed by atoms with van der Waals surface area (Å²) in [5, 5.41) is 0. The molecule has 1 aromatic carbocycles. The largest absolute Gasteiger partial charge is 0.494 e. The van der Waals surface area contributed by atoms with E-state index in [1.807, 2.05) is 30.3 Å². The van der Waals surface area contributed by atoms with E-state index in [0.29, 0.717) is 6.61 Å². The van der Waals surface area contributed by atoms with Crippen molar-refractivity contribution in [3.63, 3.8) is 0 Å². The molecule has 0 atom stereocenters. The summed E-state index contributed by atoms with van der Waals surface area (Å²) in [7, 11) is 1.46. The van der Waals surface area contributed by atoms with Crippen molar-refractivity contribution in [2.75, 3.05) is 13.7 Å². The SMILES string of the molecule is COC(=O)C1(CCOc2ccccc2)CCC1. The maximum Gasteiger partial charge on any atom is 0.311 e. The minimum atomic E-state index is -0.274. The lowest BCUT2D eigenvalue weighted by atomic mass is 9.67. The molecule has 0 radical (unpaired) electrons. The molecular formula is C14H18O3. The van der Waals surface area contributed by atoms with E-state index in [-0.39, 0.29) is 11.4 Å². The first kappa shape index (κ1) is 12.0. The topological polar surface area (TPSA) is 35.5 Å². The highest BCUT2D eigenvalue weighted by Crippen LogP contribution is 2.44. The molecule has 1 aliphatic carbocycles. The summed E-state index contributed by atoms with van der Waals surface area (Å²) in [6, 6.07) is 9.68. The van der Waals surface area contributed by atoms with E-state index in [4.69, 9.17) is 9.47 Å². The summed E-state index contributed by atoms with van der Waals surface area (Å²) in [6.45, 7) is 0.569. The van der Waals surface area contributed by atoms with Gasteiger partial charge < -0.3 is 9.47 Å². The molecule has 0 aromatic heterocycles. The smallest absolute Gasteiger partial charge is 0.311 e. The van der Waals surface area contributed by atoms with E-state index in [0.717, 1.165) is 31.4 Å². The Labute approximate surface area is 102 Å². The number of carbonyl (C=O) groups excluding carboxylic acids is 1. The number of ether oxygens (including phenoxy) is 2. The van der Waals surface area contributed by atoms with Gasteiger partial charge in [-0.05, 0) is 31.4 Å². The summed E-state index contributed by atoms with van der Waals surface area (Å²) in [4.78, 5) is 11.7. The van der Waals surface area contributed by atoms with Gasteiger partial charge in [-0.2, -0.15) is 0 Å². The molecule has 92 valence electrons. The highest BCUT2D eigenvalue weighted by Gasteiger charge is 2.44. The summed E-state index contributed by atoms with van der Waals surface area (Å²) in [5.41, 5.74) is -0.274. The van der Waals surface area contributed by atoms with Crippen LogP contribution in [-0.4, -0.2) is 19.7 Å². The van der Waals surface area contributed by atoms with Crippen LogP contribution >= 0.6 is 0 Å². The molecule has 0 bridgehead atoms. The molecule has 0 unspecified atom stereocenters. The molecule has 0 N–H and O–H groups in total. The molecule has 1 aliphatic rings. The zero-order valence-corrected chi connectivity index (χ0v) is 10.1. The van der Waals surface area contributed by atoms with Crippen molar-refractivity contribution in [2.24, 2.45) is 5.41 Å². The lowest BCUT2D eigenvalue weighted by Gasteiger charge is -2.38. The first-order chi connectivity index (χ1) is 8.27. The Balaban J connectivity index is 1.83. The number of hydrogen-bond donors (Lipinski definition) is 0. The number of rotatable bonds is 5. The van der Waals surface area contributed by atoms with Crippen molar-refractivity contribution in [2.45, 2.75) is 25.7 Å². The summed E-state index contributed by atoms with van der Waals surface area (Å²) in [6.07, 6.45) is 3.71. The first-order valence-electron chi connectivity index (χ1n) is 6.03. The summed E-state index contributed by atoms with van der Waals surface area (Å²) in [5.74, 6) is 0.771. The van der Waals surface area contributed by atoms with Crippen LogP contribution in [0.5, 0.6) is 5.75 Å². The van der Waals surface area contributed by atoms with Crippen molar-refractivity contribution >= 4 is 5.97 Å². The molecule has 1 fully saturated rings. The summed E-state index contributed by atoms with van der Waals surface area (Å²) < 4.78 is 10.5. The highest BCUT2D eigenvalue weighted by atomic mass is 16.5. The third-order valence-corrected chi connectivity index (χ3v) is 3.52. The van der Waals surface area contributed by atoms with Crippen LogP contribution < -0.4 is 4.74 Å². The molecule has 3 nitrogen and oxygen atoms in total. The third kappa shape index (κ3) is 2.60. The van der Waals surface area contributed by atoms with E-state index >= 15 is 0 Å². The normalized spacial score (nSPS) is 17.0. The monoisotopic (exact) mass is 234 g/mol. The molecule has 17 heavy (non-hydrogen) atoms. The predicted octanol–water partition coefficient (Wildman–Crippen LogP) is 2.80. The number of esters is 1. The molecule has 0 aliphatic heterocycles. The Morgan fingerprint density at radius 2 is 2.00 bits per heavy atom. The van der Waals surface area contributed by atoms with Gasteiger partial charge in [-0.3, -0.25) is 4.79 Å². The van der Waals surface area contributed by atoms with Gasteiger partial charge in [0, 0.05) is 0 Å². The van der Waals surface area contributed by atoms with E-state index in [2.05, 4.69) is 0 Å². The van der Waals surface area contributed by atoms with E-state index in [9.17, 15) is 4.79 Å². The van der Waals surface area contributed by atoms with E-state index < -0.39 is 0 Å². The number of carbonyl (C=O) groups is 1. The standard InChI is InChI=1S/C14H18O3/c1-16-13(15)14(8-5-9-14)10-11-17-12-6-3-2-4-7-12/h2-4,6-7H,5,8-11H2,1H3. The highest BCUT2D eigenvalue weighted by molar-refractivity contribution is 5.77. The van der Waals surface area contributed by atoms with Crippen molar-refractivity contribution in [1.29, 1.82) is 0 Å². The molecule has 1 saturated carbocycles. The van der Waals surface area contributed by atoms with Gasteiger partial charge in [0.05, 0.1) is 19.1 Å². The quantitative estimate of drug-likeness (QED) is 0.735. The Morgan fingerprint density at radius 3 is 2.53 bits per heavy atom. The van der Waals surface area contributed by atoms with Gasteiger partial charge in [0.15, 0.2) is 0 Å². The number of methoxy groups -OCH3 is 1. The van der Waals surface area contributed by atoms with Crippen LogP contribution in [0.4, 0.5) is 0 Å². The van der Waals surface area contributed by atoms with E-state index in [1.165, 1.54) is 7.11 Å². The van der Waals surface area contributed by atoms with Gasteiger partial charge in [0.2, 0.25) is 0 Å².